The molecule has 1 heterocycles. The van der Waals surface area contributed by atoms with Crippen LogP contribution in [0.1, 0.15) is 20.8 Å². The summed E-state index contributed by atoms with van der Waals surface area (Å²) >= 11 is 0. The molecule has 1 aliphatic heterocycles. The summed E-state index contributed by atoms with van der Waals surface area (Å²) in [6.07, 6.45) is -2.25. The highest BCUT2D eigenvalue weighted by Gasteiger charge is 2.38. The molecule has 1 amide bonds. The Hall–Kier alpha value is -3.54. The Kier molecular flexibility index (Phi) is 6.41. The van der Waals surface area contributed by atoms with E-state index in [1.807, 2.05) is 0 Å². The molecule has 3 rings (SSSR count). The van der Waals surface area contributed by atoms with Crippen LogP contribution in [0, 0.1) is 5.82 Å². The molecule has 0 radical (unpaired) electrons. The van der Waals surface area contributed by atoms with Crippen molar-refractivity contribution in [2.24, 2.45) is 0 Å². The van der Waals surface area contributed by atoms with Crippen molar-refractivity contribution < 1.29 is 41.7 Å². The number of carboxylic acid groups (broad SMARTS) is 1. The predicted molar refractivity (Wildman–Crippen MR) is 116 cm³/mol. The Bertz CT molecular complexity index is 1190. The third-order valence-electron chi connectivity index (χ3n) is 4.46. The fourth-order valence-electron chi connectivity index (χ4n) is 3.03. The van der Waals surface area contributed by atoms with Crippen LogP contribution in [0.2, 0.25) is 0 Å². The van der Waals surface area contributed by atoms with Gasteiger partial charge in [-0.05, 0) is 51.1 Å². The molecule has 0 saturated heterocycles. The number of sulfonamides is 1. The number of rotatable bonds is 5. The van der Waals surface area contributed by atoms with Gasteiger partial charge in [0, 0.05) is 11.8 Å². The molecule has 2 aromatic rings. The highest BCUT2D eigenvalue weighted by atomic mass is 32.2. The van der Waals surface area contributed by atoms with Crippen LogP contribution < -0.4 is 19.1 Å². The van der Waals surface area contributed by atoms with Crippen molar-refractivity contribution >= 4 is 33.5 Å². The van der Waals surface area contributed by atoms with Gasteiger partial charge in [-0.3, -0.25) is 9.62 Å². The SMILES string of the molecule is COc1cc(S(=O)(=O)N2C[C@H](C(=O)O)Oc3ccc(NC(=O)OC(C)(C)C)cc32)ccc1F. The normalized spacial score (nSPS) is 15.8. The van der Waals surface area contributed by atoms with Crippen LogP contribution in [0.25, 0.3) is 0 Å². The van der Waals surface area contributed by atoms with Crippen LogP contribution in [0.15, 0.2) is 41.3 Å². The molecule has 1 aliphatic rings. The first-order valence-corrected chi connectivity index (χ1v) is 11.2. The number of anilines is 2. The smallest absolute Gasteiger partial charge is 0.412 e. The van der Waals surface area contributed by atoms with E-state index >= 15 is 0 Å². The maximum Gasteiger partial charge on any atom is 0.412 e. The third kappa shape index (κ3) is 5.28. The molecule has 1 atom stereocenters. The Morgan fingerprint density at radius 2 is 1.91 bits per heavy atom. The highest BCUT2D eigenvalue weighted by molar-refractivity contribution is 7.92. The van der Waals surface area contributed by atoms with E-state index in [0.29, 0.717) is 0 Å². The lowest BCUT2D eigenvalue weighted by molar-refractivity contribution is -0.144. The van der Waals surface area contributed by atoms with Crippen LogP contribution >= 0.6 is 0 Å². The molecule has 33 heavy (non-hydrogen) atoms. The van der Waals surface area contributed by atoms with Gasteiger partial charge in [0.05, 0.1) is 24.2 Å². The number of nitrogens with one attached hydrogen (secondary N) is 1. The Morgan fingerprint density at radius 1 is 1.21 bits per heavy atom. The lowest BCUT2D eigenvalue weighted by Gasteiger charge is -2.34. The molecule has 0 saturated carbocycles. The number of carbonyl (C=O) groups is 2. The number of benzene rings is 2. The fourth-order valence-corrected chi connectivity index (χ4v) is 4.52. The number of nitrogens with zero attached hydrogens (tertiary/aromatic N) is 1. The number of carbonyl (C=O) groups excluding carboxylic acids is 1. The van der Waals surface area contributed by atoms with Gasteiger partial charge in [-0.25, -0.2) is 22.4 Å². The van der Waals surface area contributed by atoms with Gasteiger partial charge in [0.25, 0.3) is 10.0 Å². The zero-order valence-electron chi connectivity index (χ0n) is 18.3. The van der Waals surface area contributed by atoms with Gasteiger partial charge in [0.15, 0.2) is 11.6 Å². The summed E-state index contributed by atoms with van der Waals surface area (Å²) in [7, 11) is -3.18. The van der Waals surface area contributed by atoms with E-state index in [9.17, 15) is 27.5 Å². The van der Waals surface area contributed by atoms with Gasteiger partial charge in [-0.15, -0.1) is 0 Å². The Balaban J connectivity index is 2.04. The zero-order chi connectivity index (χ0) is 24.6. The number of aliphatic carboxylic acids is 1. The van der Waals surface area contributed by atoms with Gasteiger partial charge in [0.2, 0.25) is 6.10 Å². The lowest BCUT2D eigenvalue weighted by Crippen LogP contribution is -2.47. The molecule has 2 aromatic carbocycles. The van der Waals surface area contributed by atoms with Crippen LogP contribution in [0.5, 0.6) is 11.5 Å². The van der Waals surface area contributed by atoms with Gasteiger partial charge >= 0.3 is 12.1 Å². The second-order valence-electron chi connectivity index (χ2n) is 8.09. The molecule has 0 bridgehead atoms. The highest BCUT2D eigenvalue weighted by Crippen LogP contribution is 2.39. The molecular formula is C21H23FN2O8S. The van der Waals surface area contributed by atoms with E-state index in [1.165, 1.54) is 25.3 Å². The van der Waals surface area contributed by atoms with E-state index in [-0.39, 0.29) is 27.8 Å². The molecule has 0 fully saturated rings. The van der Waals surface area contributed by atoms with Gasteiger partial charge in [0.1, 0.15) is 11.4 Å². The van der Waals surface area contributed by atoms with Crippen molar-refractivity contribution in [2.75, 3.05) is 23.3 Å². The van der Waals surface area contributed by atoms with Gasteiger partial charge < -0.3 is 19.3 Å². The second kappa shape index (κ2) is 8.77. The molecule has 10 nitrogen and oxygen atoms in total. The van der Waals surface area contributed by atoms with Crippen LogP contribution in [0.3, 0.4) is 0 Å². The third-order valence-corrected chi connectivity index (χ3v) is 6.24. The van der Waals surface area contributed by atoms with Crippen molar-refractivity contribution in [3.8, 4) is 11.5 Å². The van der Waals surface area contributed by atoms with Crippen molar-refractivity contribution in [3.63, 3.8) is 0 Å². The Morgan fingerprint density at radius 3 is 2.52 bits per heavy atom. The number of amides is 1. The summed E-state index contributed by atoms with van der Waals surface area (Å²) in [6.45, 7) is 4.50. The summed E-state index contributed by atoms with van der Waals surface area (Å²) in [5.74, 6) is -2.44. The summed E-state index contributed by atoms with van der Waals surface area (Å²) in [6, 6.07) is 7.04. The molecule has 12 heteroatoms. The molecular weight excluding hydrogens is 459 g/mol. The monoisotopic (exact) mass is 482 g/mol. The molecule has 0 spiro atoms. The number of ether oxygens (including phenoxy) is 3. The van der Waals surface area contributed by atoms with Crippen molar-refractivity contribution in [1.29, 1.82) is 0 Å². The Labute approximate surface area is 189 Å². The van der Waals surface area contributed by atoms with Crippen LogP contribution in [-0.2, 0) is 19.6 Å². The summed E-state index contributed by atoms with van der Waals surface area (Å²) in [5, 5.41) is 11.9. The van der Waals surface area contributed by atoms with Crippen LogP contribution in [-0.4, -0.2) is 50.9 Å². The van der Waals surface area contributed by atoms with E-state index in [2.05, 4.69) is 5.32 Å². The fraction of sp³-hybridized carbons (Fsp3) is 0.333. The van der Waals surface area contributed by atoms with E-state index in [4.69, 9.17) is 14.2 Å². The molecule has 0 aromatic heterocycles. The number of hydrogen-bond donors (Lipinski definition) is 2. The summed E-state index contributed by atoms with van der Waals surface area (Å²) < 4.78 is 56.9. The minimum absolute atomic E-state index is 0.00986. The predicted octanol–water partition coefficient (Wildman–Crippen LogP) is 3.22. The molecule has 178 valence electrons. The van der Waals surface area contributed by atoms with Crippen molar-refractivity contribution in [1.82, 2.24) is 0 Å². The van der Waals surface area contributed by atoms with Crippen molar-refractivity contribution in [2.45, 2.75) is 37.4 Å². The van der Waals surface area contributed by atoms with E-state index in [1.54, 1.807) is 20.8 Å². The lowest BCUT2D eigenvalue weighted by atomic mass is 10.2. The second-order valence-corrected chi connectivity index (χ2v) is 9.95. The first-order chi connectivity index (χ1) is 15.3. The summed E-state index contributed by atoms with van der Waals surface area (Å²) in [4.78, 5) is 23.4. The van der Waals surface area contributed by atoms with E-state index < -0.39 is 46.2 Å². The van der Waals surface area contributed by atoms with Crippen LogP contribution in [0.4, 0.5) is 20.6 Å². The molecule has 0 unspecified atom stereocenters. The topological polar surface area (TPSA) is 131 Å². The van der Waals surface area contributed by atoms with Gasteiger partial charge in [-0.1, -0.05) is 0 Å². The molecule has 2 N–H and O–H groups in total. The largest absolute Gasteiger partial charge is 0.494 e. The van der Waals surface area contributed by atoms with Gasteiger partial charge in [-0.2, -0.15) is 0 Å². The maximum atomic E-state index is 13.8. The number of carboxylic acids is 1. The number of halogens is 1. The number of hydrogen-bond acceptors (Lipinski definition) is 7. The summed E-state index contributed by atoms with van der Waals surface area (Å²) in [5.41, 5.74) is -0.575. The standard InChI is InChI=1S/C21H23FN2O8S/c1-21(2,3)32-20(27)23-12-5-8-16-15(9-12)24(11-18(31-16)19(25)26)33(28,29)13-6-7-14(22)17(10-13)30-4/h5-10,18H,11H2,1-4H3,(H,23,27)(H,25,26)/t18-/m1/s1. The first-order valence-electron chi connectivity index (χ1n) is 9.71. The quantitative estimate of drug-likeness (QED) is 0.664. The average molecular weight is 482 g/mol. The first kappa shape index (κ1) is 24.1. The molecule has 0 aliphatic carbocycles. The van der Waals surface area contributed by atoms with Crippen molar-refractivity contribution in [3.05, 3.63) is 42.2 Å². The number of methoxy groups -OCH3 is 1. The maximum absolute atomic E-state index is 13.8. The average Bonchev–Trinajstić information content (AvgIpc) is 2.71. The van der Waals surface area contributed by atoms with E-state index in [0.717, 1.165) is 22.5 Å². The zero-order valence-corrected chi connectivity index (χ0v) is 19.1. The minimum atomic E-state index is -4.37. The number of fused-ring (bicyclic) bond motifs is 1. The minimum Gasteiger partial charge on any atom is -0.494 e.